The van der Waals surface area contributed by atoms with Crippen LogP contribution in [0.25, 0.3) is 0 Å². The molecule has 0 aromatic carbocycles. The molecule has 12 bridgehead atoms. The van der Waals surface area contributed by atoms with Crippen molar-refractivity contribution in [3.8, 4) is 0 Å². The van der Waals surface area contributed by atoms with E-state index in [-0.39, 0.29) is 73.7 Å². The molecule has 0 amide bonds. The van der Waals surface area contributed by atoms with Crippen molar-refractivity contribution in [1.29, 1.82) is 0 Å². The Morgan fingerprint density at radius 1 is 0.704 bits per heavy atom. The molecule has 0 aromatic rings. The Kier molecular flexibility index (Phi) is 7.64. The van der Waals surface area contributed by atoms with Crippen molar-refractivity contribution in [3.05, 3.63) is 0 Å². The number of ketones is 2. The number of esters is 3. The lowest BCUT2D eigenvalue weighted by atomic mass is 9.49. The van der Waals surface area contributed by atoms with E-state index >= 15 is 0 Å². The highest BCUT2D eigenvalue weighted by Crippen LogP contribution is 2.65. The average Bonchev–Trinajstić information content (AvgIpc) is 3.47. The largest absolute Gasteiger partial charge is 0.465 e. The predicted molar refractivity (Wildman–Crippen MR) is 175 cm³/mol. The molecule has 0 aromatic heterocycles. The van der Waals surface area contributed by atoms with Crippen LogP contribution in [0, 0.1) is 64.1 Å². The molecule has 12 saturated carbocycles. The number of ether oxygens (including phenoxy) is 5. The summed E-state index contributed by atoms with van der Waals surface area (Å²) in [5, 5.41) is -5.14. The van der Waals surface area contributed by atoms with Crippen LogP contribution in [-0.4, -0.2) is 84.5 Å². The third-order valence-electron chi connectivity index (χ3n) is 15.8. The lowest BCUT2D eigenvalue weighted by Crippen LogP contribution is -2.66. The summed E-state index contributed by atoms with van der Waals surface area (Å²) in [7, 11) is -6.06. The zero-order chi connectivity index (χ0) is 37.8. The van der Waals surface area contributed by atoms with Gasteiger partial charge in [0.05, 0.1) is 5.41 Å². The van der Waals surface area contributed by atoms with Crippen LogP contribution in [0.5, 0.6) is 0 Å². The number of alkyl halides is 2. The fraction of sp³-hybridized carbons (Fsp3) is 0.868. The van der Waals surface area contributed by atoms with Gasteiger partial charge in [0.25, 0.3) is 0 Å². The van der Waals surface area contributed by atoms with Crippen molar-refractivity contribution in [2.75, 3.05) is 13.2 Å². The molecule has 13 fully saturated rings. The van der Waals surface area contributed by atoms with Gasteiger partial charge < -0.3 is 23.7 Å². The van der Waals surface area contributed by atoms with Crippen LogP contribution in [0.4, 0.5) is 8.78 Å². The number of Topliss-reactive ketones (excluding diaryl/α,β-unsaturated/α-hetero) is 2. The first-order valence-electron chi connectivity index (χ1n) is 19.8. The van der Waals surface area contributed by atoms with Gasteiger partial charge in [-0.25, -0.2) is 4.79 Å². The van der Waals surface area contributed by atoms with Crippen LogP contribution in [0.1, 0.15) is 96.3 Å². The van der Waals surface area contributed by atoms with Crippen molar-refractivity contribution in [1.82, 2.24) is 0 Å². The fourth-order valence-electron chi connectivity index (χ4n) is 14.3. The highest BCUT2D eigenvalue weighted by atomic mass is 32.2. The van der Waals surface area contributed by atoms with Crippen LogP contribution in [0.15, 0.2) is 0 Å². The standard InChI is InChI=1S/C38H46F2O13S/c39-38(40,54(46,47)48)33(45)53-35-9-21-6-25(14-35)37(26(7-21)15-35)51-27(16-49-31(43)34-8-20-4-23(12-34)29(41)24(5-20)13-34)28(52-37)17-50-32(44)36-10-18-1-19(11-36)3-22(2-18)30(36)42/h18-28H,1-17H2,(H,46,47,48). The van der Waals surface area contributed by atoms with Crippen LogP contribution in [-0.2, 0) is 57.8 Å². The minimum Gasteiger partial charge on any atom is -0.462 e. The van der Waals surface area contributed by atoms with Gasteiger partial charge in [-0.15, -0.1) is 0 Å². The smallest absolute Gasteiger partial charge is 0.462 e. The number of hydrogen-bond donors (Lipinski definition) is 1. The highest BCUT2D eigenvalue weighted by molar-refractivity contribution is 7.87. The second-order valence-corrected chi connectivity index (χ2v) is 20.6. The van der Waals surface area contributed by atoms with Gasteiger partial charge >= 0.3 is 33.3 Å². The van der Waals surface area contributed by atoms with E-state index < -0.39 is 73.6 Å². The van der Waals surface area contributed by atoms with Gasteiger partial charge in [-0.2, -0.15) is 17.2 Å². The predicted octanol–water partition coefficient (Wildman–Crippen LogP) is 3.95. The maximum absolute atomic E-state index is 14.3. The Bertz CT molecular complexity index is 1780. The molecule has 12 aliphatic carbocycles. The van der Waals surface area contributed by atoms with Crippen molar-refractivity contribution in [2.45, 2.75) is 125 Å². The first-order chi connectivity index (χ1) is 25.4. The number of rotatable bonds is 9. The molecule has 54 heavy (non-hydrogen) atoms. The fourth-order valence-corrected chi connectivity index (χ4v) is 14.6. The SMILES string of the molecule is O=C1C2CC3CC1CC(C(=O)OCC1OC4(OC1COC(=O)C15CC6CC(CC(C6)C1=O)C5)C1CC5CC4CC(OC(=O)C(F)(F)S(=O)(=O)O)(C5)C1)(C3)C2. The van der Waals surface area contributed by atoms with Gasteiger partial charge in [0.2, 0.25) is 0 Å². The number of carbonyl (C=O) groups excluding carboxylic acids is 5. The quantitative estimate of drug-likeness (QED) is 0.154. The summed E-state index contributed by atoms with van der Waals surface area (Å²) in [6.07, 6.45) is 6.33. The second kappa shape index (κ2) is 11.5. The molecule has 1 N–H and O–H groups in total. The molecule has 8 atom stereocenters. The van der Waals surface area contributed by atoms with E-state index in [9.17, 15) is 41.2 Å². The molecular weight excluding hydrogens is 734 g/mol. The number of hydrogen-bond acceptors (Lipinski definition) is 12. The summed E-state index contributed by atoms with van der Waals surface area (Å²) >= 11 is 0. The highest BCUT2D eigenvalue weighted by Gasteiger charge is 2.71. The maximum Gasteiger partial charge on any atom is 0.465 e. The van der Waals surface area contributed by atoms with E-state index in [0.29, 0.717) is 62.7 Å². The topological polar surface area (TPSA) is 186 Å². The summed E-state index contributed by atoms with van der Waals surface area (Å²) in [6, 6.07) is 0. The second-order valence-electron chi connectivity index (χ2n) is 19.2. The monoisotopic (exact) mass is 780 g/mol. The average molecular weight is 781 g/mol. The van der Waals surface area contributed by atoms with Crippen LogP contribution in [0.2, 0.25) is 0 Å². The Morgan fingerprint density at radius 3 is 1.80 bits per heavy atom. The number of halogens is 2. The zero-order valence-electron chi connectivity index (χ0n) is 29.9. The minimum atomic E-state index is -6.06. The molecule has 1 spiro atoms. The van der Waals surface area contributed by atoms with E-state index in [2.05, 4.69) is 0 Å². The zero-order valence-corrected chi connectivity index (χ0v) is 30.7. The van der Waals surface area contributed by atoms with E-state index in [1.54, 1.807) is 0 Å². The minimum absolute atomic E-state index is 0.0232. The lowest BCUT2D eigenvalue weighted by Gasteiger charge is -2.62. The molecule has 1 heterocycles. The first-order valence-corrected chi connectivity index (χ1v) is 21.2. The molecule has 13 rings (SSSR count). The van der Waals surface area contributed by atoms with Gasteiger partial charge in [0.15, 0.2) is 11.6 Å². The van der Waals surface area contributed by atoms with E-state index in [1.165, 1.54) is 0 Å². The molecule has 1 saturated heterocycles. The van der Waals surface area contributed by atoms with Crippen molar-refractivity contribution < 1.29 is 69.4 Å². The van der Waals surface area contributed by atoms with Gasteiger partial charge in [0, 0.05) is 29.6 Å². The van der Waals surface area contributed by atoms with Crippen molar-refractivity contribution >= 4 is 39.6 Å². The molecule has 13 aliphatic rings. The third-order valence-corrected chi connectivity index (χ3v) is 16.6. The molecule has 0 radical (unpaired) electrons. The maximum atomic E-state index is 14.3. The summed E-state index contributed by atoms with van der Waals surface area (Å²) in [6.45, 7) is -0.494. The van der Waals surface area contributed by atoms with Crippen molar-refractivity contribution in [2.24, 2.45) is 64.1 Å². The lowest BCUT2D eigenvalue weighted by molar-refractivity contribution is -0.326. The Hall–Kier alpha value is -2.56. The third kappa shape index (κ3) is 5.06. The molecule has 8 unspecified atom stereocenters. The van der Waals surface area contributed by atoms with E-state index in [0.717, 1.165) is 32.1 Å². The molecule has 296 valence electrons. The normalized spacial score (nSPS) is 49.2. The molecule has 13 nitrogen and oxygen atoms in total. The van der Waals surface area contributed by atoms with Gasteiger partial charge in [-0.05, 0) is 120 Å². The Balaban J connectivity index is 0.889. The van der Waals surface area contributed by atoms with Crippen LogP contribution in [0.3, 0.4) is 0 Å². The summed E-state index contributed by atoms with van der Waals surface area (Å²) in [5.74, 6) is -4.95. The van der Waals surface area contributed by atoms with Crippen molar-refractivity contribution in [3.63, 3.8) is 0 Å². The Morgan fingerprint density at radius 2 is 1.22 bits per heavy atom. The first kappa shape index (κ1) is 35.8. The van der Waals surface area contributed by atoms with E-state index in [1.807, 2.05) is 0 Å². The molecular formula is C38H46F2O13S. The van der Waals surface area contributed by atoms with Gasteiger partial charge in [0.1, 0.15) is 42.2 Å². The summed E-state index contributed by atoms with van der Waals surface area (Å²) in [5.41, 5.74) is -3.35. The summed E-state index contributed by atoms with van der Waals surface area (Å²) in [4.78, 5) is 66.7. The van der Waals surface area contributed by atoms with Crippen LogP contribution < -0.4 is 0 Å². The van der Waals surface area contributed by atoms with Gasteiger partial charge in [-0.1, -0.05) is 0 Å². The van der Waals surface area contributed by atoms with Crippen LogP contribution >= 0.6 is 0 Å². The Labute approximate surface area is 311 Å². The van der Waals surface area contributed by atoms with E-state index in [4.69, 9.17) is 28.2 Å². The van der Waals surface area contributed by atoms with Gasteiger partial charge in [-0.3, -0.25) is 23.7 Å². The molecule has 1 aliphatic heterocycles. The summed E-state index contributed by atoms with van der Waals surface area (Å²) < 4.78 is 91.2. The molecule has 16 heteroatoms. The number of carbonyl (C=O) groups is 5.